The number of piperazine rings is 2. The van der Waals surface area contributed by atoms with E-state index in [1.807, 2.05) is 0 Å². The Bertz CT molecular complexity index is 2840. The molecule has 8 atom stereocenters. The molecule has 8 fully saturated rings. The SMILES string of the molecule is CC[C@]12SS[C@@]3(C[C@]4([C@]56C[C@@]78SS[C@@](CO)(C(=O)N7[C@H]5N(S(=O)(=O)c5ccccc5)c5ccccc56)N(C)C8=O)c5ccccc5N(S(=O)(=O)c5ccccc5)[C@@H]4N3C1=O)C(=O)N2C. The molecule has 0 aliphatic carbocycles. The van der Waals surface area contributed by atoms with E-state index < -0.39 is 92.9 Å². The van der Waals surface area contributed by atoms with Gasteiger partial charge in [-0.05, 0) is 64.7 Å². The number of sulfonamides is 2. The van der Waals surface area contributed by atoms with E-state index in [1.54, 1.807) is 98.9 Å². The van der Waals surface area contributed by atoms with Gasteiger partial charge in [-0.1, -0.05) is 112 Å². The maximum Gasteiger partial charge on any atom is 0.266 e. The van der Waals surface area contributed by atoms with Gasteiger partial charge in [0.25, 0.3) is 43.7 Å². The second-order valence-electron chi connectivity index (χ2n) is 17.4. The molecule has 1 N–H and O–H groups in total. The largest absolute Gasteiger partial charge is 0.392 e. The highest BCUT2D eigenvalue weighted by Crippen LogP contribution is 2.80. The fourth-order valence-corrected chi connectivity index (χ4v) is 23.2. The molecule has 10 aliphatic rings. The average molecular weight is 975 g/mol. The van der Waals surface area contributed by atoms with E-state index in [4.69, 9.17) is 0 Å². The Morgan fingerprint density at radius 2 is 0.922 bits per heavy atom. The van der Waals surface area contributed by atoms with Crippen LogP contribution in [-0.4, -0.2) is 118 Å². The van der Waals surface area contributed by atoms with Crippen molar-refractivity contribution in [2.75, 3.05) is 29.3 Å². The number of rotatable bonds is 7. The van der Waals surface area contributed by atoms with Crippen molar-refractivity contribution in [2.24, 2.45) is 0 Å². The second-order valence-corrected chi connectivity index (χ2v) is 26.4. The monoisotopic (exact) mass is 974 g/mol. The molecule has 0 unspecified atom stereocenters. The summed E-state index contributed by atoms with van der Waals surface area (Å²) >= 11 is 0. The maximum absolute atomic E-state index is 15.8. The minimum absolute atomic E-state index is 0.0779. The zero-order chi connectivity index (χ0) is 44.8. The number of amides is 4. The fourth-order valence-electron chi connectivity index (χ4n) is 12.3. The molecule has 0 radical (unpaired) electrons. The van der Waals surface area contributed by atoms with Gasteiger partial charge in [-0.15, -0.1) is 0 Å². The molecule has 10 aliphatic heterocycles. The van der Waals surface area contributed by atoms with Crippen LogP contribution in [0.3, 0.4) is 0 Å². The number of aliphatic hydroxyl groups is 1. The van der Waals surface area contributed by atoms with Crippen molar-refractivity contribution in [3.63, 3.8) is 0 Å². The van der Waals surface area contributed by atoms with Gasteiger partial charge < -0.3 is 14.9 Å². The number of nitrogens with zero attached hydrogens (tertiary/aromatic N) is 6. The summed E-state index contributed by atoms with van der Waals surface area (Å²) < 4.78 is 65.4. The van der Waals surface area contributed by atoms with Gasteiger partial charge in [0.1, 0.15) is 12.3 Å². The number of aliphatic hydroxyl groups excluding tert-OH is 1. The van der Waals surface area contributed by atoms with Crippen LogP contribution in [0.15, 0.2) is 119 Å². The Balaban J connectivity index is 1.25. The van der Waals surface area contributed by atoms with Crippen molar-refractivity contribution in [1.29, 1.82) is 0 Å². The van der Waals surface area contributed by atoms with Gasteiger partial charge in [-0.3, -0.25) is 29.0 Å². The lowest BCUT2D eigenvalue weighted by molar-refractivity contribution is -0.166. The van der Waals surface area contributed by atoms with E-state index in [-0.39, 0.29) is 40.4 Å². The molecule has 4 amide bonds. The third kappa shape index (κ3) is 4.16. The fraction of sp³-hybridized carbons (Fsp3) is 0.349. The van der Waals surface area contributed by atoms with E-state index in [9.17, 15) is 5.11 Å². The number of hydrogen-bond acceptors (Lipinski definition) is 13. The molecule has 21 heteroatoms. The van der Waals surface area contributed by atoms with Crippen molar-refractivity contribution in [3.8, 4) is 0 Å². The number of carbonyl (C=O) groups is 4. The maximum atomic E-state index is 15.8. The second kappa shape index (κ2) is 12.7. The van der Waals surface area contributed by atoms with Gasteiger partial charge in [0.15, 0.2) is 14.6 Å². The number of para-hydroxylation sites is 2. The number of fused-ring (bicyclic) bond motifs is 11. The number of anilines is 2. The smallest absolute Gasteiger partial charge is 0.266 e. The molecule has 330 valence electrons. The predicted molar refractivity (Wildman–Crippen MR) is 243 cm³/mol. The van der Waals surface area contributed by atoms with Gasteiger partial charge in [-0.2, -0.15) is 0 Å². The van der Waals surface area contributed by atoms with Crippen molar-refractivity contribution in [3.05, 3.63) is 120 Å². The molecule has 14 rings (SSSR count). The molecule has 4 bridgehead atoms. The first-order chi connectivity index (χ1) is 30.5. The summed E-state index contributed by atoms with van der Waals surface area (Å²) in [5, 5.41) is 11.1. The van der Waals surface area contributed by atoms with Crippen LogP contribution in [0.1, 0.15) is 37.3 Å². The molecule has 4 aromatic rings. The van der Waals surface area contributed by atoms with Crippen LogP contribution in [0.2, 0.25) is 0 Å². The molecule has 0 aromatic heterocycles. The highest BCUT2D eigenvalue weighted by Gasteiger charge is 2.90. The van der Waals surface area contributed by atoms with Crippen LogP contribution in [0.25, 0.3) is 0 Å². The van der Waals surface area contributed by atoms with E-state index in [1.165, 1.54) is 81.1 Å². The van der Waals surface area contributed by atoms with Crippen molar-refractivity contribution in [2.45, 2.75) is 78.6 Å². The van der Waals surface area contributed by atoms with E-state index >= 15 is 36.0 Å². The van der Waals surface area contributed by atoms with E-state index in [0.717, 1.165) is 21.6 Å². The molecular weight excluding hydrogens is 937 g/mol. The van der Waals surface area contributed by atoms with Crippen molar-refractivity contribution >= 4 is 98.2 Å². The summed E-state index contributed by atoms with van der Waals surface area (Å²) in [5.74, 6) is -2.14. The standard InChI is InChI=1S/C43H38N6O9S6/c1-4-40-36(53)46-32-38(23-41(46,60-59-40)34(51)44(40)2,28-19-11-13-21-30(28)48(32)63(55,56)26-15-7-5-8-16-26)39-24-42-35(52)45(3)43(25-50,62-61-42)37(54)47(42)33(39)49(31-22-14-12-20-29(31)39)64(57,58)27-17-9-6-10-18-27/h5-22,32-33,50H,4,23-25H2,1-3H3/t32-,33-,38-,39-,40-,41-,42-,43-/m0/s1. The van der Waals surface area contributed by atoms with Crippen molar-refractivity contribution < 1.29 is 41.1 Å². The van der Waals surface area contributed by atoms with Gasteiger partial charge in [0.2, 0.25) is 4.87 Å². The Kier molecular flexibility index (Phi) is 8.17. The molecule has 2 spiro atoms. The third-order valence-corrected chi connectivity index (χ3v) is 26.1. The minimum atomic E-state index is -4.66. The molecule has 8 saturated heterocycles. The zero-order valence-corrected chi connectivity index (χ0v) is 39.1. The van der Waals surface area contributed by atoms with Gasteiger partial charge in [0, 0.05) is 26.9 Å². The first-order valence-corrected chi connectivity index (χ1v) is 27.7. The summed E-state index contributed by atoms with van der Waals surface area (Å²) in [4.78, 5) is 60.7. The quantitative estimate of drug-likeness (QED) is 0.260. The summed E-state index contributed by atoms with van der Waals surface area (Å²) in [6.45, 7) is 1.02. The summed E-state index contributed by atoms with van der Waals surface area (Å²) in [6, 6.07) is 29.3. The van der Waals surface area contributed by atoms with Gasteiger partial charge >= 0.3 is 0 Å². The Morgan fingerprint density at radius 1 is 0.547 bits per heavy atom. The highest BCUT2D eigenvalue weighted by molar-refractivity contribution is 8.78. The number of hydrogen-bond donors (Lipinski definition) is 1. The average Bonchev–Trinajstić information content (AvgIpc) is 3.99. The first-order valence-electron chi connectivity index (χ1n) is 20.5. The Hall–Kier alpha value is -4.38. The zero-order valence-electron chi connectivity index (χ0n) is 34.2. The lowest BCUT2D eigenvalue weighted by Crippen LogP contribution is -2.78. The molecule has 15 nitrogen and oxygen atoms in total. The van der Waals surface area contributed by atoms with Crippen LogP contribution in [0.4, 0.5) is 11.4 Å². The van der Waals surface area contributed by atoms with E-state index in [0.29, 0.717) is 11.1 Å². The summed E-state index contributed by atoms with van der Waals surface area (Å²) in [6.07, 6.45) is -3.40. The molecule has 0 saturated carbocycles. The van der Waals surface area contributed by atoms with Gasteiger partial charge in [-0.25, -0.2) is 25.4 Å². The van der Waals surface area contributed by atoms with E-state index in [2.05, 4.69) is 0 Å². The number of likely N-dealkylation sites (N-methyl/N-ethyl adjacent to an activating group) is 2. The predicted octanol–water partition coefficient (Wildman–Crippen LogP) is 4.32. The number of benzene rings is 4. The Morgan fingerprint density at radius 3 is 1.34 bits per heavy atom. The van der Waals surface area contributed by atoms with Crippen molar-refractivity contribution in [1.82, 2.24) is 19.6 Å². The van der Waals surface area contributed by atoms with Crippen LogP contribution in [0.5, 0.6) is 0 Å². The van der Waals surface area contributed by atoms with Gasteiger partial charge in [0.05, 0.1) is 38.6 Å². The summed E-state index contributed by atoms with van der Waals surface area (Å²) in [7, 11) is -1.69. The number of carbonyl (C=O) groups excluding carboxylic acids is 4. The minimum Gasteiger partial charge on any atom is -0.392 e. The molecule has 64 heavy (non-hydrogen) atoms. The van der Waals surface area contributed by atoms with Crippen LogP contribution in [0, 0.1) is 0 Å². The summed E-state index contributed by atoms with van der Waals surface area (Å²) in [5.41, 5.74) is -2.31. The van der Waals surface area contributed by atoms with Crippen LogP contribution < -0.4 is 8.61 Å². The van der Waals surface area contributed by atoms with Crippen LogP contribution in [-0.2, 0) is 50.1 Å². The molecule has 10 heterocycles. The molecule has 4 aromatic carbocycles. The molecular formula is C43H38N6O9S6. The highest BCUT2D eigenvalue weighted by atomic mass is 33.1. The first kappa shape index (κ1) is 41.1. The lowest BCUT2D eigenvalue weighted by atomic mass is 9.54. The third-order valence-electron chi connectivity index (χ3n) is 15.1. The van der Waals surface area contributed by atoms with Crippen LogP contribution >= 0.6 is 43.2 Å². The normalized spacial score (nSPS) is 35.5. The lowest BCUT2D eigenvalue weighted by Gasteiger charge is -2.59. The topological polar surface area (TPSA) is 176 Å². The Labute approximate surface area is 384 Å².